The van der Waals surface area contributed by atoms with Gasteiger partial charge in [-0.3, -0.25) is 9.36 Å². The highest BCUT2D eigenvalue weighted by molar-refractivity contribution is 6.17. The lowest BCUT2D eigenvalue weighted by Gasteiger charge is -1.84. The van der Waals surface area contributed by atoms with Gasteiger partial charge in [0.2, 0.25) is 0 Å². The Morgan fingerprint density at radius 1 is 1.18 bits per heavy atom. The fraction of sp³-hybridized carbons (Fsp3) is 0.357. The molecule has 0 aromatic heterocycles. The van der Waals surface area contributed by atoms with Gasteiger partial charge >= 0.3 is 0 Å². The van der Waals surface area contributed by atoms with E-state index < -0.39 is 0 Å². The van der Waals surface area contributed by atoms with E-state index >= 15 is 0 Å². The number of hydrogen-bond acceptors (Lipinski definition) is 1. The van der Waals surface area contributed by atoms with Crippen LogP contribution in [0.3, 0.4) is 0 Å². The van der Waals surface area contributed by atoms with Gasteiger partial charge in [-0.05, 0) is 12.5 Å². The molecule has 0 radical (unpaired) electrons. The predicted octanol–water partition coefficient (Wildman–Crippen LogP) is 3.72. The van der Waals surface area contributed by atoms with E-state index in [9.17, 15) is 4.79 Å². The minimum atomic E-state index is 0.121. The lowest BCUT2D eigenvalue weighted by atomic mass is 10.2. The molecule has 0 saturated heterocycles. The second-order valence-corrected chi connectivity index (χ2v) is 4.51. The zero-order valence-corrected chi connectivity index (χ0v) is 10.7. The van der Waals surface area contributed by atoms with Crippen molar-refractivity contribution in [3.05, 3.63) is 40.8 Å². The summed E-state index contributed by atoms with van der Waals surface area (Å²) in [6, 6.07) is 7.69. The normalized spacial score (nSPS) is 10.9. The van der Waals surface area contributed by atoms with Crippen LogP contribution in [0, 0.1) is 0 Å². The summed E-state index contributed by atoms with van der Waals surface area (Å²) >= 11 is 5.38. The summed E-state index contributed by atoms with van der Waals surface area (Å²) in [5, 5.41) is 1.92. The SMILES string of the molecule is CCCCCCl.O=c1c2ccccc2c2cn1-2. The van der Waals surface area contributed by atoms with E-state index in [1.165, 1.54) is 19.3 Å². The first-order valence-corrected chi connectivity index (χ1v) is 6.53. The number of halogens is 1. The Morgan fingerprint density at radius 3 is 2.41 bits per heavy atom. The van der Waals surface area contributed by atoms with Crippen molar-refractivity contribution in [1.29, 1.82) is 0 Å². The lowest BCUT2D eigenvalue weighted by molar-refractivity contribution is 0.776. The molecule has 0 atom stereocenters. The highest BCUT2D eigenvalue weighted by atomic mass is 35.5. The van der Waals surface area contributed by atoms with Gasteiger partial charge in [-0.25, -0.2) is 0 Å². The molecule has 0 aliphatic carbocycles. The Labute approximate surface area is 106 Å². The molecule has 0 spiro atoms. The largest absolute Gasteiger partial charge is 0.280 e. The summed E-state index contributed by atoms with van der Waals surface area (Å²) in [5.41, 5.74) is 1.20. The van der Waals surface area contributed by atoms with Crippen molar-refractivity contribution in [2.45, 2.75) is 26.2 Å². The van der Waals surface area contributed by atoms with Crippen molar-refractivity contribution < 1.29 is 0 Å². The number of fused-ring (bicyclic) bond motifs is 3. The quantitative estimate of drug-likeness (QED) is 0.512. The first kappa shape index (κ1) is 12.2. The Kier molecular flexibility index (Phi) is 3.85. The molecule has 0 bridgehead atoms. The molecule has 2 aliphatic heterocycles. The molecule has 0 N–H and O–H groups in total. The molecule has 17 heavy (non-hydrogen) atoms. The fourth-order valence-electron chi connectivity index (χ4n) is 1.83. The molecule has 2 heterocycles. The van der Waals surface area contributed by atoms with Gasteiger partial charge in [0.1, 0.15) is 0 Å². The highest BCUT2D eigenvalue weighted by Crippen LogP contribution is 2.27. The monoisotopic (exact) mass is 249 g/mol. The van der Waals surface area contributed by atoms with Crippen molar-refractivity contribution in [3.8, 4) is 5.69 Å². The average Bonchev–Trinajstić information content (AvgIpc) is 3.12. The maximum atomic E-state index is 11.3. The minimum absolute atomic E-state index is 0.121. The van der Waals surface area contributed by atoms with E-state index in [1.807, 2.05) is 30.5 Å². The lowest BCUT2D eigenvalue weighted by Crippen LogP contribution is -2.00. The van der Waals surface area contributed by atoms with Crippen LogP contribution in [0.25, 0.3) is 16.5 Å². The number of nitrogens with zero attached hydrogens (tertiary/aromatic N) is 1. The average molecular weight is 250 g/mol. The van der Waals surface area contributed by atoms with Crippen molar-refractivity contribution in [2.75, 3.05) is 5.88 Å². The standard InChI is InChI=1S/C9H5NO.C5H11Cl/c11-9-7-4-2-1-3-6(7)8-5-10(8)9;1-2-3-4-5-6/h1-5H;2-5H2,1H3. The Bertz CT molecular complexity index is 570. The third-order valence-electron chi connectivity index (χ3n) is 2.83. The Balaban J connectivity index is 0.000000157. The van der Waals surface area contributed by atoms with Crippen LogP contribution in [0.15, 0.2) is 35.3 Å². The number of hydrogen-bond donors (Lipinski definition) is 0. The molecule has 90 valence electrons. The first-order valence-electron chi connectivity index (χ1n) is 6.00. The summed E-state index contributed by atoms with van der Waals surface area (Å²) < 4.78 is 1.69. The van der Waals surface area contributed by atoms with Gasteiger partial charge in [0.15, 0.2) is 0 Å². The molecular formula is C14H16ClNO. The molecule has 0 unspecified atom stereocenters. The molecule has 0 amide bonds. The zero-order chi connectivity index (χ0) is 12.3. The smallest absolute Gasteiger partial charge is 0.263 e. The van der Waals surface area contributed by atoms with Gasteiger partial charge in [0.25, 0.3) is 5.56 Å². The third-order valence-corrected chi connectivity index (χ3v) is 3.10. The van der Waals surface area contributed by atoms with Gasteiger partial charge in [-0.1, -0.05) is 38.0 Å². The number of benzene rings is 1. The van der Waals surface area contributed by atoms with Gasteiger partial charge in [-0.2, -0.15) is 0 Å². The van der Waals surface area contributed by atoms with Crippen LogP contribution in [0.5, 0.6) is 0 Å². The highest BCUT2D eigenvalue weighted by Gasteiger charge is 2.19. The maximum absolute atomic E-state index is 11.3. The van der Waals surface area contributed by atoms with Crippen LogP contribution in [0.4, 0.5) is 0 Å². The van der Waals surface area contributed by atoms with Crippen molar-refractivity contribution in [2.24, 2.45) is 0 Å². The fourth-order valence-corrected chi connectivity index (χ4v) is 2.02. The van der Waals surface area contributed by atoms with E-state index in [0.717, 1.165) is 22.3 Å². The second-order valence-electron chi connectivity index (χ2n) is 4.13. The van der Waals surface area contributed by atoms with Crippen LogP contribution in [-0.2, 0) is 0 Å². The summed E-state index contributed by atoms with van der Waals surface area (Å²) in [4.78, 5) is 11.3. The molecular weight excluding hydrogens is 234 g/mol. The van der Waals surface area contributed by atoms with Crippen molar-refractivity contribution in [3.63, 3.8) is 0 Å². The number of aromatic nitrogens is 1. The summed E-state index contributed by atoms with van der Waals surface area (Å²) in [6.07, 6.45) is 5.60. The van der Waals surface area contributed by atoms with Gasteiger partial charge < -0.3 is 0 Å². The minimum Gasteiger partial charge on any atom is -0.280 e. The van der Waals surface area contributed by atoms with E-state index in [0.29, 0.717) is 0 Å². The summed E-state index contributed by atoms with van der Waals surface area (Å²) in [7, 11) is 0. The number of unbranched alkanes of at least 4 members (excludes halogenated alkanes) is 2. The van der Waals surface area contributed by atoms with Crippen LogP contribution in [0.2, 0.25) is 0 Å². The Morgan fingerprint density at radius 2 is 1.88 bits per heavy atom. The predicted molar refractivity (Wildman–Crippen MR) is 73.3 cm³/mol. The van der Waals surface area contributed by atoms with E-state index in [1.54, 1.807) is 4.57 Å². The molecule has 3 heteroatoms. The van der Waals surface area contributed by atoms with Crippen LogP contribution >= 0.6 is 11.6 Å². The first-order chi connectivity index (χ1) is 8.29. The molecule has 0 saturated carbocycles. The van der Waals surface area contributed by atoms with Crippen LogP contribution in [0.1, 0.15) is 26.2 Å². The van der Waals surface area contributed by atoms with Gasteiger partial charge in [-0.15, -0.1) is 11.6 Å². The van der Waals surface area contributed by atoms with E-state index in [2.05, 4.69) is 6.92 Å². The van der Waals surface area contributed by atoms with E-state index in [-0.39, 0.29) is 5.56 Å². The molecule has 1 aromatic carbocycles. The van der Waals surface area contributed by atoms with Crippen molar-refractivity contribution in [1.82, 2.24) is 4.57 Å². The van der Waals surface area contributed by atoms with Crippen LogP contribution in [-0.4, -0.2) is 10.4 Å². The van der Waals surface area contributed by atoms with Crippen molar-refractivity contribution >= 4 is 22.4 Å². The summed E-state index contributed by atoms with van der Waals surface area (Å²) in [6.45, 7) is 2.17. The van der Waals surface area contributed by atoms with E-state index in [4.69, 9.17) is 11.6 Å². The molecule has 1 aromatic rings. The maximum Gasteiger partial charge on any atom is 0.263 e. The third kappa shape index (κ3) is 2.52. The molecule has 2 aliphatic rings. The topological polar surface area (TPSA) is 22.0 Å². The Hall–Kier alpha value is -1.28. The van der Waals surface area contributed by atoms with Gasteiger partial charge in [0, 0.05) is 22.8 Å². The second kappa shape index (κ2) is 5.37. The molecule has 2 nitrogen and oxygen atoms in total. The molecule has 0 fully saturated rings. The molecule has 3 rings (SSSR count). The number of alkyl halides is 1. The van der Waals surface area contributed by atoms with Gasteiger partial charge in [0.05, 0.1) is 5.69 Å². The zero-order valence-electron chi connectivity index (χ0n) is 9.95. The summed E-state index contributed by atoms with van der Waals surface area (Å²) in [5.74, 6) is 0.827. The van der Waals surface area contributed by atoms with Crippen LogP contribution < -0.4 is 5.56 Å². The number of rotatable bonds is 3. The number of pyridine rings is 1.